The standard InChI is InChI=1S/C19H19FN4O2S/c1-9-15(11(3)25)10(2)21-16(9)17(26)12(4)27-19-22-18(23-24-19)13-7-5-6-8-14(13)20/h5-8,12,21H,1-4H3,(H,22,23,24)/t12-/m0/s1. The molecular weight excluding hydrogens is 367 g/mol. The number of rotatable bonds is 6. The number of aryl methyl sites for hydroxylation is 1. The summed E-state index contributed by atoms with van der Waals surface area (Å²) in [4.78, 5) is 31.8. The summed E-state index contributed by atoms with van der Waals surface area (Å²) in [5.74, 6) is -0.320. The van der Waals surface area contributed by atoms with E-state index in [0.29, 0.717) is 39.1 Å². The molecule has 0 aliphatic carbocycles. The lowest BCUT2D eigenvalue weighted by Crippen LogP contribution is -2.15. The molecule has 0 spiro atoms. The highest BCUT2D eigenvalue weighted by Crippen LogP contribution is 2.28. The predicted molar refractivity (Wildman–Crippen MR) is 102 cm³/mol. The van der Waals surface area contributed by atoms with Crippen molar-refractivity contribution in [2.75, 3.05) is 0 Å². The summed E-state index contributed by atoms with van der Waals surface area (Å²) in [6, 6.07) is 6.26. The van der Waals surface area contributed by atoms with Gasteiger partial charge < -0.3 is 4.98 Å². The second kappa shape index (κ2) is 7.48. The van der Waals surface area contributed by atoms with Crippen molar-refractivity contribution < 1.29 is 14.0 Å². The molecule has 27 heavy (non-hydrogen) atoms. The number of carbonyl (C=O) groups excluding carboxylic acids is 2. The molecule has 0 radical (unpaired) electrons. The van der Waals surface area contributed by atoms with Gasteiger partial charge in [0, 0.05) is 11.3 Å². The number of aromatic amines is 2. The van der Waals surface area contributed by atoms with Crippen molar-refractivity contribution in [3.63, 3.8) is 0 Å². The van der Waals surface area contributed by atoms with E-state index in [2.05, 4.69) is 20.2 Å². The molecular formula is C19H19FN4O2S. The monoisotopic (exact) mass is 386 g/mol. The molecule has 0 amide bonds. The van der Waals surface area contributed by atoms with Gasteiger partial charge in [0.25, 0.3) is 0 Å². The number of aromatic nitrogens is 4. The van der Waals surface area contributed by atoms with E-state index in [1.54, 1.807) is 39.0 Å². The van der Waals surface area contributed by atoms with E-state index in [0.717, 1.165) is 0 Å². The third-order valence-electron chi connectivity index (χ3n) is 4.28. The molecule has 0 aliphatic rings. The number of carbonyl (C=O) groups is 2. The van der Waals surface area contributed by atoms with Crippen molar-refractivity contribution in [3.8, 4) is 11.4 Å². The van der Waals surface area contributed by atoms with Gasteiger partial charge in [-0.2, -0.15) is 0 Å². The number of Topliss-reactive ketones (excluding diaryl/α,β-unsaturated/α-hetero) is 2. The molecule has 6 nitrogen and oxygen atoms in total. The summed E-state index contributed by atoms with van der Waals surface area (Å²) in [5, 5.41) is 6.64. The average Bonchev–Trinajstić information content (AvgIpc) is 3.18. The fourth-order valence-electron chi connectivity index (χ4n) is 3.01. The van der Waals surface area contributed by atoms with Crippen molar-refractivity contribution in [2.24, 2.45) is 0 Å². The van der Waals surface area contributed by atoms with Crippen LogP contribution in [0.2, 0.25) is 0 Å². The number of benzene rings is 1. The van der Waals surface area contributed by atoms with Gasteiger partial charge >= 0.3 is 0 Å². The van der Waals surface area contributed by atoms with E-state index in [9.17, 15) is 14.0 Å². The van der Waals surface area contributed by atoms with Crippen LogP contribution in [0.15, 0.2) is 29.4 Å². The number of hydrogen-bond acceptors (Lipinski definition) is 5. The largest absolute Gasteiger partial charge is 0.355 e. The van der Waals surface area contributed by atoms with Gasteiger partial charge in [-0.3, -0.25) is 14.7 Å². The quantitative estimate of drug-likeness (QED) is 0.491. The highest BCUT2D eigenvalue weighted by atomic mass is 32.2. The summed E-state index contributed by atoms with van der Waals surface area (Å²) >= 11 is 1.17. The fourth-order valence-corrected chi connectivity index (χ4v) is 3.80. The molecule has 1 aromatic carbocycles. The molecule has 0 saturated heterocycles. The zero-order valence-corrected chi connectivity index (χ0v) is 16.2. The molecule has 0 saturated carbocycles. The van der Waals surface area contributed by atoms with E-state index in [-0.39, 0.29) is 11.6 Å². The van der Waals surface area contributed by atoms with Gasteiger partial charge in [0.2, 0.25) is 5.16 Å². The topological polar surface area (TPSA) is 91.5 Å². The second-order valence-corrected chi connectivity index (χ2v) is 7.56. The Hall–Kier alpha value is -2.74. The molecule has 2 aromatic heterocycles. The Kier molecular flexibility index (Phi) is 5.27. The SMILES string of the molecule is CC(=O)c1c(C)[nH]c(C(=O)[C@H](C)Sc2n[nH]c(-c3ccccc3F)n2)c1C. The minimum atomic E-state index is -0.481. The van der Waals surface area contributed by atoms with Crippen LogP contribution in [0.3, 0.4) is 0 Å². The number of nitrogens with zero attached hydrogens (tertiary/aromatic N) is 2. The van der Waals surface area contributed by atoms with Crippen molar-refractivity contribution in [3.05, 3.63) is 52.6 Å². The average molecular weight is 386 g/mol. The van der Waals surface area contributed by atoms with Crippen LogP contribution < -0.4 is 0 Å². The molecule has 0 fully saturated rings. The van der Waals surface area contributed by atoms with Crippen LogP contribution >= 0.6 is 11.8 Å². The zero-order valence-electron chi connectivity index (χ0n) is 15.4. The molecule has 140 valence electrons. The third-order valence-corrected chi connectivity index (χ3v) is 5.24. The van der Waals surface area contributed by atoms with Gasteiger partial charge in [-0.25, -0.2) is 9.37 Å². The van der Waals surface area contributed by atoms with Crippen LogP contribution in [0, 0.1) is 19.7 Å². The van der Waals surface area contributed by atoms with Crippen molar-refractivity contribution in [1.29, 1.82) is 0 Å². The molecule has 2 heterocycles. The van der Waals surface area contributed by atoms with Crippen molar-refractivity contribution in [2.45, 2.75) is 38.1 Å². The number of nitrogens with one attached hydrogen (secondary N) is 2. The Morgan fingerprint density at radius 2 is 1.93 bits per heavy atom. The van der Waals surface area contributed by atoms with E-state index >= 15 is 0 Å². The van der Waals surface area contributed by atoms with Crippen LogP contribution in [0.25, 0.3) is 11.4 Å². The fraction of sp³-hybridized carbons (Fsp3) is 0.263. The Morgan fingerprint density at radius 1 is 1.22 bits per heavy atom. The van der Waals surface area contributed by atoms with Gasteiger partial charge in [-0.1, -0.05) is 23.9 Å². The number of thioether (sulfide) groups is 1. The summed E-state index contributed by atoms with van der Waals surface area (Å²) in [6.07, 6.45) is 0. The van der Waals surface area contributed by atoms with E-state index in [1.165, 1.54) is 24.8 Å². The maximum absolute atomic E-state index is 13.9. The highest BCUT2D eigenvalue weighted by Gasteiger charge is 2.25. The Morgan fingerprint density at radius 3 is 2.56 bits per heavy atom. The molecule has 8 heteroatoms. The van der Waals surface area contributed by atoms with Crippen LogP contribution in [0.4, 0.5) is 4.39 Å². The second-order valence-electron chi connectivity index (χ2n) is 6.25. The normalized spacial score (nSPS) is 12.2. The summed E-state index contributed by atoms with van der Waals surface area (Å²) in [5.41, 5.74) is 2.62. The smallest absolute Gasteiger partial charge is 0.209 e. The molecule has 0 unspecified atom stereocenters. The predicted octanol–water partition coefficient (Wildman–Crippen LogP) is 4.12. The van der Waals surface area contributed by atoms with Crippen LogP contribution in [-0.2, 0) is 0 Å². The number of H-pyrrole nitrogens is 2. The van der Waals surface area contributed by atoms with Gasteiger partial charge in [0.05, 0.1) is 16.5 Å². The zero-order chi connectivity index (χ0) is 19.7. The first-order chi connectivity index (χ1) is 12.8. The molecule has 0 aliphatic heterocycles. The number of halogens is 1. The molecule has 3 aromatic rings. The van der Waals surface area contributed by atoms with Crippen molar-refractivity contribution in [1.82, 2.24) is 20.2 Å². The molecule has 1 atom stereocenters. The van der Waals surface area contributed by atoms with E-state index in [4.69, 9.17) is 0 Å². The minimum Gasteiger partial charge on any atom is -0.355 e. The Balaban J connectivity index is 1.79. The van der Waals surface area contributed by atoms with Crippen molar-refractivity contribution >= 4 is 23.3 Å². The third kappa shape index (κ3) is 3.71. The van der Waals surface area contributed by atoms with Gasteiger partial charge in [0.15, 0.2) is 17.4 Å². The Bertz CT molecular complexity index is 1020. The first-order valence-electron chi connectivity index (χ1n) is 8.37. The highest BCUT2D eigenvalue weighted by molar-refractivity contribution is 8.00. The lowest BCUT2D eigenvalue weighted by molar-refractivity contribution is 0.0988. The summed E-state index contributed by atoms with van der Waals surface area (Å²) in [7, 11) is 0. The first-order valence-corrected chi connectivity index (χ1v) is 9.25. The van der Waals surface area contributed by atoms with Gasteiger partial charge in [0.1, 0.15) is 5.82 Å². The van der Waals surface area contributed by atoms with Gasteiger partial charge in [-0.15, -0.1) is 5.10 Å². The van der Waals surface area contributed by atoms with Crippen LogP contribution in [0.1, 0.15) is 46.0 Å². The molecule has 2 N–H and O–H groups in total. The Labute approximate surface area is 160 Å². The molecule has 3 rings (SSSR count). The van der Waals surface area contributed by atoms with E-state index < -0.39 is 11.1 Å². The van der Waals surface area contributed by atoms with Gasteiger partial charge in [-0.05, 0) is 45.4 Å². The maximum atomic E-state index is 13.9. The van der Waals surface area contributed by atoms with Crippen LogP contribution in [0.5, 0.6) is 0 Å². The number of ketones is 2. The van der Waals surface area contributed by atoms with E-state index in [1.807, 2.05) is 0 Å². The number of hydrogen-bond donors (Lipinski definition) is 2. The minimum absolute atomic E-state index is 0.0795. The summed E-state index contributed by atoms with van der Waals surface area (Å²) in [6.45, 7) is 6.75. The molecule has 0 bridgehead atoms. The maximum Gasteiger partial charge on any atom is 0.209 e. The lowest BCUT2D eigenvalue weighted by Gasteiger charge is -2.07. The lowest BCUT2D eigenvalue weighted by atomic mass is 10.0. The van der Waals surface area contributed by atoms with Crippen LogP contribution in [-0.4, -0.2) is 37.0 Å². The first kappa shape index (κ1) is 19.0. The summed E-state index contributed by atoms with van der Waals surface area (Å²) < 4.78 is 13.9.